The van der Waals surface area contributed by atoms with E-state index in [2.05, 4.69) is 36.5 Å². The lowest BCUT2D eigenvalue weighted by molar-refractivity contribution is 0.202. The first-order valence-corrected chi connectivity index (χ1v) is 9.42. The molecule has 128 valence electrons. The van der Waals surface area contributed by atoms with E-state index in [1.165, 1.54) is 5.56 Å². The molecule has 4 nitrogen and oxygen atoms in total. The van der Waals surface area contributed by atoms with Gasteiger partial charge in [-0.3, -0.25) is 4.98 Å². The molecule has 24 heavy (non-hydrogen) atoms. The van der Waals surface area contributed by atoms with Crippen LogP contribution >= 0.6 is 11.8 Å². The van der Waals surface area contributed by atoms with E-state index in [-0.39, 0.29) is 12.1 Å². The maximum Gasteiger partial charge on any atom is 0.322 e. The standard InChI is InChI=1S/C19H25N3OS/c1-5-18(15-9-11-20-12-10-15)22(3)19(23)21-17-8-6-7-16(13-17)14(2)24-4/h6-14,18H,5H2,1-4H3,(H,21,23)/t14-,18+/m0/s1. The maximum absolute atomic E-state index is 12.6. The third-order valence-electron chi connectivity index (χ3n) is 4.23. The van der Waals surface area contributed by atoms with Gasteiger partial charge in [0, 0.05) is 30.4 Å². The first-order chi connectivity index (χ1) is 11.6. The molecule has 0 aliphatic rings. The molecule has 2 aromatic rings. The predicted molar refractivity (Wildman–Crippen MR) is 102 cm³/mol. The van der Waals surface area contributed by atoms with Crippen LogP contribution in [0.2, 0.25) is 0 Å². The van der Waals surface area contributed by atoms with Crippen molar-refractivity contribution in [1.82, 2.24) is 9.88 Å². The van der Waals surface area contributed by atoms with Crippen LogP contribution < -0.4 is 5.32 Å². The first kappa shape index (κ1) is 18.3. The molecule has 0 aliphatic heterocycles. The molecule has 1 heterocycles. The van der Waals surface area contributed by atoms with Crippen LogP contribution in [0, 0.1) is 0 Å². The fourth-order valence-electron chi connectivity index (χ4n) is 2.68. The number of carbonyl (C=O) groups is 1. The van der Waals surface area contributed by atoms with Crippen molar-refractivity contribution in [2.45, 2.75) is 31.6 Å². The molecule has 2 atom stereocenters. The Bertz CT molecular complexity index is 663. The number of amides is 2. The summed E-state index contributed by atoms with van der Waals surface area (Å²) < 4.78 is 0. The average Bonchev–Trinajstić information content (AvgIpc) is 2.62. The molecular formula is C19H25N3OS. The molecule has 2 amide bonds. The Morgan fingerprint density at radius 3 is 2.58 bits per heavy atom. The first-order valence-electron chi connectivity index (χ1n) is 8.13. The molecule has 0 bridgehead atoms. The topological polar surface area (TPSA) is 45.2 Å². The van der Waals surface area contributed by atoms with Crippen molar-refractivity contribution in [3.05, 3.63) is 59.9 Å². The van der Waals surface area contributed by atoms with Crippen LogP contribution in [0.5, 0.6) is 0 Å². The lowest BCUT2D eigenvalue weighted by Crippen LogP contribution is -2.34. The van der Waals surface area contributed by atoms with Gasteiger partial charge in [0.1, 0.15) is 0 Å². The van der Waals surface area contributed by atoms with E-state index < -0.39 is 0 Å². The normalized spacial score (nSPS) is 13.2. The number of nitrogens with zero attached hydrogens (tertiary/aromatic N) is 2. The van der Waals surface area contributed by atoms with Gasteiger partial charge in [-0.2, -0.15) is 11.8 Å². The van der Waals surface area contributed by atoms with Crippen LogP contribution in [0.3, 0.4) is 0 Å². The zero-order chi connectivity index (χ0) is 17.5. The minimum atomic E-state index is -0.104. The summed E-state index contributed by atoms with van der Waals surface area (Å²) in [6, 6.07) is 11.9. The van der Waals surface area contributed by atoms with E-state index in [9.17, 15) is 4.79 Å². The number of benzene rings is 1. The van der Waals surface area contributed by atoms with E-state index in [1.807, 2.05) is 37.4 Å². The Morgan fingerprint density at radius 1 is 1.25 bits per heavy atom. The molecule has 0 spiro atoms. The van der Waals surface area contributed by atoms with Gasteiger partial charge in [0.25, 0.3) is 0 Å². The second-order valence-corrected chi connectivity index (χ2v) is 6.93. The monoisotopic (exact) mass is 343 g/mol. The van der Waals surface area contributed by atoms with Crippen molar-refractivity contribution in [1.29, 1.82) is 0 Å². The maximum atomic E-state index is 12.6. The molecule has 5 heteroatoms. The SMILES string of the molecule is CC[C@H](c1ccncc1)N(C)C(=O)Nc1cccc([C@H](C)SC)c1. The number of pyridine rings is 1. The molecule has 1 aromatic carbocycles. The van der Waals surface area contributed by atoms with Gasteiger partial charge in [0.2, 0.25) is 0 Å². The van der Waals surface area contributed by atoms with Crippen molar-refractivity contribution in [2.75, 3.05) is 18.6 Å². The summed E-state index contributed by atoms with van der Waals surface area (Å²) >= 11 is 1.79. The molecule has 0 saturated heterocycles. The number of anilines is 1. The summed E-state index contributed by atoms with van der Waals surface area (Å²) in [6.07, 6.45) is 6.45. The molecular weight excluding hydrogens is 318 g/mol. The summed E-state index contributed by atoms with van der Waals surface area (Å²) in [5.74, 6) is 0. The summed E-state index contributed by atoms with van der Waals surface area (Å²) in [5.41, 5.74) is 3.13. The molecule has 0 unspecified atom stereocenters. The van der Waals surface area contributed by atoms with Crippen LogP contribution in [0.1, 0.15) is 42.7 Å². The van der Waals surface area contributed by atoms with Gasteiger partial charge in [-0.05, 0) is 55.0 Å². The predicted octanol–water partition coefficient (Wildman–Crippen LogP) is 5.12. The zero-order valence-corrected chi connectivity index (χ0v) is 15.5. The van der Waals surface area contributed by atoms with Gasteiger partial charge in [-0.25, -0.2) is 4.79 Å². The summed E-state index contributed by atoms with van der Waals surface area (Å²) in [6.45, 7) is 4.24. The quantitative estimate of drug-likeness (QED) is 0.791. The zero-order valence-electron chi connectivity index (χ0n) is 14.7. The number of carbonyl (C=O) groups excluding carboxylic acids is 1. The number of hydrogen-bond donors (Lipinski definition) is 1. The van der Waals surface area contributed by atoms with Crippen LogP contribution in [0.4, 0.5) is 10.5 Å². The van der Waals surface area contributed by atoms with Gasteiger partial charge < -0.3 is 10.2 Å². The summed E-state index contributed by atoms with van der Waals surface area (Å²) in [5, 5.41) is 3.41. The van der Waals surface area contributed by atoms with Crippen molar-refractivity contribution in [3.8, 4) is 0 Å². The minimum Gasteiger partial charge on any atom is -0.321 e. The lowest BCUT2D eigenvalue weighted by atomic mass is 10.1. The van der Waals surface area contributed by atoms with E-state index in [4.69, 9.17) is 0 Å². The van der Waals surface area contributed by atoms with E-state index in [0.29, 0.717) is 5.25 Å². The number of aromatic nitrogens is 1. The third-order valence-corrected chi connectivity index (χ3v) is 5.21. The Balaban J connectivity index is 2.11. The highest BCUT2D eigenvalue weighted by molar-refractivity contribution is 7.98. The van der Waals surface area contributed by atoms with Gasteiger partial charge >= 0.3 is 6.03 Å². The van der Waals surface area contributed by atoms with Crippen molar-refractivity contribution in [3.63, 3.8) is 0 Å². The molecule has 0 radical (unpaired) electrons. The summed E-state index contributed by atoms with van der Waals surface area (Å²) in [4.78, 5) is 18.4. The summed E-state index contributed by atoms with van der Waals surface area (Å²) in [7, 11) is 1.83. The number of rotatable bonds is 6. The van der Waals surface area contributed by atoms with Gasteiger partial charge in [-0.15, -0.1) is 0 Å². The highest BCUT2D eigenvalue weighted by atomic mass is 32.2. The van der Waals surface area contributed by atoms with Crippen LogP contribution in [-0.4, -0.2) is 29.2 Å². The van der Waals surface area contributed by atoms with Crippen molar-refractivity contribution >= 4 is 23.5 Å². The molecule has 2 rings (SSSR count). The Morgan fingerprint density at radius 2 is 1.96 bits per heavy atom. The molecule has 1 N–H and O–H groups in total. The Hall–Kier alpha value is -2.01. The highest BCUT2D eigenvalue weighted by Gasteiger charge is 2.20. The van der Waals surface area contributed by atoms with Gasteiger partial charge in [0.05, 0.1) is 6.04 Å². The van der Waals surface area contributed by atoms with E-state index in [1.54, 1.807) is 29.1 Å². The fourth-order valence-corrected chi connectivity index (χ4v) is 3.10. The van der Waals surface area contributed by atoms with Crippen LogP contribution in [0.15, 0.2) is 48.8 Å². The molecule has 1 aromatic heterocycles. The third kappa shape index (κ3) is 4.51. The molecule has 0 saturated carbocycles. The van der Waals surface area contributed by atoms with Crippen molar-refractivity contribution < 1.29 is 4.79 Å². The lowest BCUT2D eigenvalue weighted by Gasteiger charge is -2.28. The van der Waals surface area contributed by atoms with Crippen LogP contribution in [0.25, 0.3) is 0 Å². The number of nitrogens with one attached hydrogen (secondary N) is 1. The Labute approximate surface area is 148 Å². The molecule has 0 fully saturated rings. The number of urea groups is 1. The Kier molecular flexibility index (Phi) is 6.67. The minimum absolute atomic E-state index is 0.0290. The van der Waals surface area contributed by atoms with Crippen molar-refractivity contribution in [2.24, 2.45) is 0 Å². The smallest absolute Gasteiger partial charge is 0.321 e. The highest BCUT2D eigenvalue weighted by Crippen LogP contribution is 2.28. The number of thioether (sulfide) groups is 1. The average molecular weight is 343 g/mol. The van der Waals surface area contributed by atoms with E-state index >= 15 is 0 Å². The van der Waals surface area contributed by atoms with E-state index in [0.717, 1.165) is 17.7 Å². The fraction of sp³-hybridized carbons (Fsp3) is 0.368. The largest absolute Gasteiger partial charge is 0.322 e. The van der Waals surface area contributed by atoms with Gasteiger partial charge in [-0.1, -0.05) is 19.1 Å². The second kappa shape index (κ2) is 8.73. The van der Waals surface area contributed by atoms with Crippen LogP contribution in [-0.2, 0) is 0 Å². The van der Waals surface area contributed by atoms with Gasteiger partial charge in [0.15, 0.2) is 0 Å². The second-order valence-electron chi connectivity index (χ2n) is 5.75. The molecule has 0 aliphatic carbocycles. The number of hydrogen-bond acceptors (Lipinski definition) is 3.